The van der Waals surface area contributed by atoms with Crippen molar-refractivity contribution in [2.24, 2.45) is 0 Å². The Kier molecular flexibility index (Phi) is 6.17. The molecule has 0 unspecified atom stereocenters. The Balaban J connectivity index is 2.23. The number of furan rings is 2. The quantitative estimate of drug-likeness (QED) is 0.573. The largest absolute Gasteiger partial charge is 0.493 e. The van der Waals surface area contributed by atoms with Crippen LogP contribution in [0.1, 0.15) is 34.5 Å². The third-order valence-corrected chi connectivity index (χ3v) is 5.07. The molecule has 154 valence electrons. The summed E-state index contributed by atoms with van der Waals surface area (Å²) >= 11 is 5.48. The molecule has 3 aromatic rings. The summed E-state index contributed by atoms with van der Waals surface area (Å²) in [5.74, 6) is 4.11. The molecule has 1 N–H and O–H groups in total. The maximum Gasteiger partial charge on any atom is 0.172 e. The van der Waals surface area contributed by atoms with E-state index in [4.69, 9.17) is 30.5 Å². The summed E-state index contributed by atoms with van der Waals surface area (Å²) in [6.07, 6.45) is 0. The number of ether oxygens (including phenoxy) is 2. The van der Waals surface area contributed by atoms with Crippen molar-refractivity contribution in [2.45, 2.75) is 19.8 Å². The van der Waals surface area contributed by atoms with Gasteiger partial charge in [0.15, 0.2) is 16.6 Å². The molecule has 29 heavy (non-hydrogen) atoms. The average molecular weight is 415 g/mol. The SMILES string of the molecule is COc1cc(NC(=S)N(C)C)c(C(c2ccc(C)o2)c2ccc(C)o2)cc1OC. The first kappa shape index (κ1) is 20.8. The lowest BCUT2D eigenvalue weighted by molar-refractivity contribution is 0.354. The molecule has 0 aliphatic heterocycles. The highest BCUT2D eigenvalue weighted by atomic mass is 32.1. The number of thiocarbonyl (C=S) groups is 1. The van der Waals surface area contributed by atoms with Crippen LogP contribution in [0.4, 0.5) is 5.69 Å². The van der Waals surface area contributed by atoms with Gasteiger partial charge in [-0.05, 0) is 62.0 Å². The zero-order chi connectivity index (χ0) is 21.1. The van der Waals surface area contributed by atoms with E-state index in [2.05, 4.69) is 5.32 Å². The van der Waals surface area contributed by atoms with Gasteiger partial charge in [0.05, 0.1) is 14.2 Å². The molecule has 7 heteroatoms. The minimum absolute atomic E-state index is 0.287. The van der Waals surface area contributed by atoms with Crippen LogP contribution in [0, 0.1) is 13.8 Å². The van der Waals surface area contributed by atoms with Gasteiger partial charge in [0.1, 0.15) is 29.0 Å². The predicted octanol–water partition coefficient (Wildman–Crippen LogP) is 4.95. The first-order valence-corrected chi connectivity index (χ1v) is 9.61. The van der Waals surface area contributed by atoms with Crippen molar-refractivity contribution in [3.05, 3.63) is 65.0 Å². The topological polar surface area (TPSA) is 60.0 Å². The van der Waals surface area contributed by atoms with Gasteiger partial charge < -0.3 is 28.5 Å². The van der Waals surface area contributed by atoms with E-state index >= 15 is 0 Å². The monoisotopic (exact) mass is 414 g/mol. The maximum atomic E-state index is 6.00. The molecule has 0 fully saturated rings. The molecule has 0 aliphatic carbocycles. The van der Waals surface area contributed by atoms with Crippen molar-refractivity contribution in [3.63, 3.8) is 0 Å². The Morgan fingerprint density at radius 1 is 0.931 bits per heavy atom. The fourth-order valence-corrected chi connectivity index (χ4v) is 3.24. The lowest BCUT2D eigenvalue weighted by Crippen LogP contribution is -2.27. The van der Waals surface area contributed by atoms with Crippen LogP contribution in [0.2, 0.25) is 0 Å². The van der Waals surface area contributed by atoms with E-state index in [1.165, 1.54) is 0 Å². The standard InChI is InChI=1S/C22H26N2O4S/c1-13-7-9-17(27-13)21(18-10-8-14(2)28-18)15-11-19(25-5)20(26-6)12-16(15)23-22(29)24(3)4/h7-12,21H,1-6H3,(H,23,29). The van der Waals surface area contributed by atoms with E-state index in [0.29, 0.717) is 16.6 Å². The average Bonchev–Trinajstić information content (AvgIpc) is 3.31. The van der Waals surface area contributed by atoms with E-state index in [-0.39, 0.29) is 5.92 Å². The minimum atomic E-state index is -0.287. The molecular weight excluding hydrogens is 388 g/mol. The summed E-state index contributed by atoms with van der Waals surface area (Å²) in [7, 11) is 7.00. The number of nitrogens with one attached hydrogen (secondary N) is 1. The number of hydrogen-bond acceptors (Lipinski definition) is 5. The summed E-state index contributed by atoms with van der Waals surface area (Å²) in [5.41, 5.74) is 1.69. The lowest BCUT2D eigenvalue weighted by Gasteiger charge is -2.23. The predicted molar refractivity (Wildman–Crippen MR) is 117 cm³/mol. The molecule has 0 spiro atoms. The maximum absolute atomic E-state index is 6.00. The van der Waals surface area contributed by atoms with Gasteiger partial charge in [-0.1, -0.05) is 0 Å². The summed E-state index contributed by atoms with van der Waals surface area (Å²) in [5, 5.41) is 3.88. The van der Waals surface area contributed by atoms with E-state index in [1.54, 1.807) is 14.2 Å². The smallest absolute Gasteiger partial charge is 0.172 e. The molecule has 6 nitrogen and oxygen atoms in total. The Bertz CT molecular complexity index is 966. The van der Waals surface area contributed by atoms with Gasteiger partial charge in [-0.3, -0.25) is 0 Å². The molecular formula is C22H26N2O4S. The van der Waals surface area contributed by atoms with Gasteiger partial charge in [-0.25, -0.2) is 0 Å². The third kappa shape index (κ3) is 4.40. The van der Waals surface area contributed by atoms with Crippen LogP contribution in [-0.2, 0) is 0 Å². The zero-order valence-electron chi connectivity index (χ0n) is 17.5. The third-order valence-electron chi connectivity index (χ3n) is 4.61. The second kappa shape index (κ2) is 8.61. The van der Waals surface area contributed by atoms with Gasteiger partial charge in [-0.15, -0.1) is 0 Å². The van der Waals surface area contributed by atoms with Crippen LogP contribution in [0.25, 0.3) is 0 Å². The summed E-state index contributed by atoms with van der Waals surface area (Å²) < 4.78 is 23.1. The Labute approximate surface area is 176 Å². The number of methoxy groups -OCH3 is 2. The summed E-state index contributed by atoms with van der Waals surface area (Å²) in [4.78, 5) is 1.83. The van der Waals surface area contributed by atoms with Crippen molar-refractivity contribution in [1.29, 1.82) is 0 Å². The second-order valence-electron chi connectivity index (χ2n) is 6.95. The Hall–Kier alpha value is -2.93. The lowest BCUT2D eigenvalue weighted by atomic mass is 9.92. The van der Waals surface area contributed by atoms with Gasteiger partial charge in [-0.2, -0.15) is 0 Å². The first-order valence-electron chi connectivity index (χ1n) is 9.21. The normalized spacial score (nSPS) is 10.9. The molecule has 2 heterocycles. The highest BCUT2D eigenvalue weighted by molar-refractivity contribution is 7.80. The van der Waals surface area contributed by atoms with Crippen molar-refractivity contribution in [1.82, 2.24) is 4.90 Å². The van der Waals surface area contributed by atoms with Crippen LogP contribution in [0.3, 0.4) is 0 Å². The van der Waals surface area contributed by atoms with Crippen molar-refractivity contribution < 1.29 is 18.3 Å². The number of hydrogen-bond donors (Lipinski definition) is 1. The molecule has 0 bridgehead atoms. The molecule has 0 radical (unpaired) electrons. The molecule has 0 saturated heterocycles. The fraction of sp³-hybridized carbons (Fsp3) is 0.318. The van der Waals surface area contributed by atoms with Gasteiger partial charge in [0, 0.05) is 25.8 Å². The first-order chi connectivity index (χ1) is 13.8. The highest BCUT2D eigenvalue weighted by Crippen LogP contribution is 2.43. The van der Waals surface area contributed by atoms with Crippen LogP contribution in [0.15, 0.2) is 45.2 Å². The second-order valence-corrected chi connectivity index (χ2v) is 7.34. The minimum Gasteiger partial charge on any atom is -0.493 e. The number of benzene rings is 1. The molecule has 2 aromatic heterocycles. The van der Waals surface area contributed by atoms with Crippen molar-refractivity contribution in [3.8, 4) is 11.5 Å². The number of nitrogens with zero attached hydrogens (tertiary/aromatic N) is 1. The summed E-state index contributed by atoms with van der Waals surface area (Å²) in [6.45, 7) is 3.84. The van der Waals surface area contributed by atoms with Crippen LogP contribution >= 0.6 is 12.2 Å². The van der Waals surface area contributed by atoms with E-state index in [9.17, 15) is 0 Å². The van der Waals surface area contributed by atoms with Crippen LogP contribution < -0.4 is 14.8 Å². The Morgan fingerprint density at radius 2 is 1.45 bits per heavy atom. The molecule has 0 atom stereocenters. The highest BCUT2D eigenvalue weighted by Gasteiger charge is 2.28. The van der Waals surface area contributed by atoms with E-state index in [0.717, 1.165) is 34.3 Å². The van der Waals surface area contributed by atoms with Gasteiger partial charge in [0.2, 0.25) is 0 Å². The number of aryl methyl sites for hydroxylation is 2. The fourth-order valence-electron chi connectivity index (χ4n) is 3.13. The molecule has 0 saturated carbocycles. The molecule has 3 rings (SSSR count). The molecule has 0 aliphatic rings. The van der Waals surface area contributed by atoms with Gasteiger partial charge >= 0.3 is 0 Å². The molecule has 1 aromatic carbocycles. The van der Waals surface area contributed by atoms with Crippen molar-refractivity contribution >= 4 is 23.0 Å². The molecule has 0 amide bonds. The van der Waals surface area contributed by atoms with Gasteiger partial charge in [0.25, 0.3) is 0 Å². The van der Waals surface area contributed by atoms with E-state index < -0.39 is 0 Å². The van der Waals surface area contributed by atoms with Crippen LogP contribution in [0.5, 0.6) is 11.5 Å². The number of rotatable bonds is 6. The Morgan fingerprint density at radius 3 is 1.86 bits per heavy atom. The zero-order valence-corrected chi connectivity index (χ0v) is 18.3. The van der Waals surface area contributed by atoms with Crippen molar-refractivity contribution in [2.75, 3.05) is 33.6 Å². The number of anilines is 1. The van der Waals surface area contributed by atoms with E-state index in [1.807, 2.05) is 69.2 Å². The summed E-state index contributed by atoms with van der Waals surface area (Å²) in [6, 6.07) is 11.6. The van der Waals surface area contributed by atoms with Crippen LogP contribution in [-0.4, -0.2) is 38.3 Å².